The fraction of sp³-hybridized carbons (Fsp3) is 0.600. The first-order valence-corrected chi connectivity index (χ1v) is 9.21. The number of hydrogen-bond donors (Lipinski definition) is 1. The molecule has 0 saturated heterocycles. The number of halogens is 1. The van der Waals surface area contributed by atoms with Crippen molar-refractivity contribution >= 4 is 27.3 Å². The van der Waals surface area contributed by atoms with Gasteiger partial charge < -0.3 is 5.73 Å². The van der Waals surface area contributed by atoms with Crippen LogP contribution in [0.2, 0.25) is 5.02 Å². The van der Waals surface area contributed by atoms with E-state index < -0.39 is 10.0 Å². The number of sulfonamides is 1. The Morgan fingerprint density at radius 1 is 1.33 bits per heavy atom. The predicted octanol–water partition coefficient (Wildman–Crippen LogP) is 3.51. The van der Waals surface area contributed by atoms with E-state index in [1.165, 1.54) is 6.07 Å². The molecule has 2 rings (SSSR count). The largest absolute Gasteiger partial charge is 0.398 e. The molecule has 1 aromatic carbocycles. The van der Waals surface area contributed by atoms with Crippen LogP contribution in [0.1, 0.15) is 39.5 Å². The highest BCUT2D eigenvalue weighted by Crippen LogP contribution is 2.32. The second-order valence-corrected chi connectivity index (χ2v) is 8.38. The molecule has 1 saturated carbocycles. The van der Waals surface area contributed by atoms with E-state index in [0.29, 0.717) is 11.6 Å². The van der Waals surface area contributed by atoms with Gasteiger partial charge in [-0.2, -0.15) is 4.31 Å². The molecule has 0 unspecified atom stereocenters. The number of nitrogens with two attached hydrogens (primary N) is 1. The molecule has 21 heavy (non-hydrogen) atoms. The summed E-state index contributed by atoms with van der Waals surface area (Å²) < 4.78 is 27.7. The van der Waals surface area contributed by atoms with Crippen molar-refractivity contribution in [2.45, 2.75) is 50.5 Å². The SMILES string of the molecule is CC(C)CN(C1CCCC1)S(=O)(=O)c1cc(Cl)ccc1N. The van der Waals surface area contributed by atoms with Crippen LogP contribution in [-0.2, 0) is 10.0 Å². The normalized spacial score (nSPS) is 17.0. The standard InChI is InChI=1S/C15H23ClN2O2S/c1-11(2)10-18(13-5-3-4-6-13)21(19,20)15-9-12(16)7-8-14(15)17/h7-9,11,13H,3-6,10,17H2,1-2H3. The van der Waals surface area contributed by atoms with E-state index in [-0.39, 0.29) is 22.5 Å². The van der Waals surface area contributed by atoms with Crippen molar-refractivity contribution in [1.29, 1.82) is 0 Å². The maximum atomic E-state index is 13.0. The number of nitrogens with zero attached hydrogens (tertiary/aromatic N) is 1. The summed E-state index contributed by atoms with van der Waals surface area (Å²) in [4.78, 5) is 0.127. The number of anilines is 1. The Kier molecular flexibility index (Phi) is 5.17. The molecule has 0 bridgehead atoms. The van der Waals surface area contributed by atoms with E-state index in [1.807, 2.05) is 13.8 Å². The molecule has 0 aliphatic heterocycles. The summed E-state index contributed by atoms with van der Waals surface area (Å²) in [5.41, 5.74) is 6.13. The summed E-state index contributed by atoms with van der Waals surface area (Å²) in [6, 6.07) is 4.69. The molecular formula is C15H23ClN2O2S. The highest BCUT2D eigenvalue weighted by molar-refractivity contribution is 7.89. The van der Waals surface area contributed by atoms with Crippen LogP contribution in [0.15, 0.2) is 23.1 Å². The molecule has 118 valence electrons. The Balaban J connectivity index is 2.43. The Morgan fingerprint density at radius 3 is 2.52 bits per heavy atom. The first-order chi connectivity index (χ1) is 9.82. The Bertz CT molecular complexity index is 596. The van der Waals surface area contributed by atoms with Crippen molar-refractivity contribution < 1.29 is 8.42 Å². The quantitative estimate of drug-likeness (QED) is 0.840. The van der Waals surface area contributed by atoms with Crippen molar-refractivity contribution in [2.24, 2.45) is 5.92 Å². The van der Waals surface area contributed by atoms with Crippen LogP contribution in [0.5, 0.6) is 0 Å². The molecule has 0 heterocycles. The van der Waals surface area contributed by atoms with E-state index in [1.54, 1.807) is 16.4 Å². The van der Waals surface area contributed by atoms with Gasteiger partial charge in [0.1, 0.15) is 4.90 Å². The van der Waals surface area contributed by atoms with Gasteiger partial charge in [0.2, 0.25) is 10.0 Å². The van der Waals surface area contributed by atoms with Gasteiger partial charge in [-0.3, -0.25) is 0 Å². The van der Waals surface area contributed by atoms with Crippen LogP contribution < -0.4 is 5.73 Å². The van der Waals surface area contributed by atoms with E-state index in [9.17, 15) is 8.42 Å². The van der Waals surface area contributed by atoms with Crippen LogP contribution in [0, 0.1) is 5.92 Å². The molecule has 1 aromatic rings. The van der Waals surface area contributed by atoms with Gasteiger partial charge >= 0.3 is 0 Å². The van der Waals surface area contributed by atoms with Gasteiger partial charge in [0, 0.05) is 17.6 Å². The Labute approximate surface area is 132 Å². The fourth-order valence-corrected chi connectivity index (χ4v) is 5.08. The molecule has 0 aromatic heterocycles. The third-order valence-corrected chi connectivity index (χ3v) is 6.05. The van der Waals surface area contributed by atoms with E-state index in [0.717, 1.165) is 25.7 Å². The maximum absolute atomic E-state index is 13.0. The lowest BCUT2D eigenvalue weighted by Crippen LogP contribution is -2.41. The van der Waals surface area contributed by atoms with Gasteiger partial charge in [0.25, 0.3) is 0 Å². The van der Waals surface area contributed by atoms with Gasteiger partial charge in [-0.1, -0.05) is 38.3 Å². The smallest absolute Gasteiger partial charge is 0.245 e. The summed E-state index contributed by atoms with van der Waals surface area (Å²) in [5, 5.41) is 0.388. The molecule has 0 amide bonds. The number of hydrogen-bond acceptors (Lipinski definition) is 3. The molecule has 0 radical (unpaired) electrons. The number of benzene rings is 1. The van der Waals surface area contributed by atoms with Gasteiger partial charge in [-0.15, -0.1) is 0 Å². The lowest BCUT2D eigenvalue weighted by molar-refractivity contribution is 0.292. The van der Waals surface area contributed by atoms with Crippen LogP contribution in [-0.4, -0.2) is 25.3 Å². The van der Waals surface area contributed by atoms with Crippen molar-refractivity contribution in [3.8, 4) is 0 Å². The minimum Gasteiger partial charge on any atom is -0.398 e. The highest BCUT2D eigenvalue weighted by Gasteiger charge is 2.34. The highest BCUT2D eigenvalue weighted by atomic mass is 35.5. The molecule has 0 spiro atoms. The molecule has 2 N–H and O–H groups in total. The lowest BCUT2D eigenvalue weighted by Gasteiger charge is -2.30. The van der Waals surface area contributed by atoms with E-state index in [4.69, 9.17) is 17.3 Å². The first-order valence-electron chi connectivity index (χ1n) is 7.39. The Morgan fingerprint density at radius 2 is 1.95 bits per heavy atom. The van der Waals surface area contributed by atoms with E-state index >= 15 is 0 Å². The number of rotatable bonds is 5. The molecule has 0 atom stereocenters. The summed E-state index contributed by atoms with van der Waals surface area (Å²) in [5.74, 6) is 0.265. The molecule has 1 aliphatic rings. The van der Waals surface area contributed by atoms with Crippen LogP contribution in [0.4, 0.5) is 5.69 Å². The summed E-state index contributed by atoms with van der Waals surface area (Å²) in [6.45, 7) is 4.57. The lowest BCUT2D eigenvalue weighted by atomic mass is 10.2. The predicted molar refractivity (Wildman–Crippen MR) is 86.9 cm³/mol. The zero-order valence-corrected chi connectivity index (χ0v) is 14.1. The Hall–Kier alpha value is -0.780. The van der Waals surface area contributed by atoms with Gasteiger partial charge in [-0.05, 0) is 37.0 Å². The van der Waals surface area contributed by atoms with Crippen LogP contribution in [0.3, 0.4) is 0 Å². The van der Waals surface area contributed by atoms with Crippen molar-refractivity contribution in [2.75, 3.05) is 12.3 Å². The average molecular weight is 331 g/mol. The monoisotopic (exact) mass is 330 g/mol. The second-order valence-electron chi connectivity index (χ2n) is 6.09. The van der Waals surface area contributed by atoms with Gasteiger partial charge in [0.15, 0.2) is 0 Å². The topological polar surface area (TPSA) is 63.4 Å². The fourth-order valence-electron chi connectivity index (χ4n) is 2.85. The van der Waals surface area contributed by atoms with Crippen LogP contribution in [0.25, 0.3) is 0 Å². The summed E-state index contributed by atoms with van der Waals surface area (Å²) >= 11 is 5.95. The molecule has 4 nitrogen and oxygen atoms in total. The van der Waals surface area contributed by atoms with Gasteiger partial charge in [0.05, 0.1) is 5.69 Å². The molecule has 1 aliphatic carbocycles. The van der Waals surface area contributed by atoms with Crippen molar-refractivity contribution in [1.82, 2.24) is 4.31 Å². The van der Waals surface area contributed by atoms with Crippen molar-refractivity contribution in [3.63, 3.8) is 0 Å². The molecule has 6 heteroatoms. The van der Waals surface area contributed by atoms with Crippen LogP contribution >= 0.6 is 11.6 Å². The third-order valence-electron chi connectivity index (χ3n) is 3.84. The molecular weight excluding hydrogens is 308 g/mol. The molecule has 1 fully saturated rings. The number of nitrogen functional groups attached to an aromatic ring is 1. The van der Waals surface area contributed by atoms with Crippen molar-refractivity contribution in [3.05, 3.63) is 23.2 Å². The zero-order chi connectivity index (χ0) is 15.6. The first kappa shape index (κ1) is 16.6. The summed E-state index contributed by atoms with van der Waals surface area (Å²) in [6.07, 6.45) is 4.01. The average Bonchev–Trinajstić information content (AvgIpc) is 2.92. The zero-order valence-electron chi connectivity index (χ0n) is 12.5. The minimum atomic E-state index is -3.61. The van der Waals surface area contributed by atoms with Gasteiger partial charge in [-0.25, -0.2) is 8.42 Å². The maximum Gasteiger partial charge on any atom is 0.245 e. The second kappa shape index (κ2) is 6.55. The summed E-state index contributed by atoms with van der Waals surface area (Å²) in [7, 11) is -3.61. The third kappa shape index (κ3) is 3.71. The minimum absolute atomic E-state index is 0.0794. The van der Waals surface area contributed by atoms with E-state index in [2.05, 4.69) is 0 Å².